The first-order valence-corrected chi connectivity index (χ1v) is 9.62. The molecule has 1 amide bonds. The van der Waals surface area contributed by atoms with Crippen LogP contribution in [0.5, 0.6) is 0 Å². The molecule has 8 heteroatoms. The van der Waals surface area contributed by atoms with Gasteiger partial charge in [0.25, 0.3) is 5.91 Å². The third-order valence-electron chi connectivity index (χ3n) is 4.97. The van der Waals surface area contributed by atoms with Crippen molar-refractivity contribution in [2.45, 2.75) is 25.0 Å². The van der Waals surface area contributed by atoms with Gasteiger partial charge >= 0.3 is 0 Å². The molecule has 0 spiro atoms. The van der Waals surface area contributed by atoms with Crippen LogP contribution < -0.4 is 0 Å². The summed E-state index contributed by atoms with van der Waals surface area (Å²) in [5, 5.41) is 11.3. The number of ketones is 1. The van der Waals surface area contributed by atoms with Crippen molar-refractivity contribution >= 4 is 34.9 Å². The lowest BCUT2D eigenvalue weighted by atomic mass is 9.95. The van der Waals surface area contributed by atoms with Crippen LogP contribution in [-0.4, -0.2) is 41.0 Å². The minimum absolute atomic E-state index is 0.0309. The highest BCUT2D eigenvalue weighted by Gasteiger charge is 2.46. The van der Waals surface area contributed by atoms with Gasteiger partial charge in [0, 0.05) is 23.2 Å². The van der Waals surface area contributed by atoms with Gasteiger partial charge in [-0.15, -0.1) is 0 Å². The van der Waals surface area contributed by atoms with Crippen LogP contribution >= 0.6 is 23.2 Å². The Bertz CT molecular complexity index is 948. The van der Waals surface area contributed by atoms with Crippen molar-refractivity contribution in [2.24, 2.45) is 0 Å². The molecule has 0 bridgehead atoms. The lowest BCUT2D eigenvalue weighted by Gasteiger charge is -2.29. The summed E-state index contributed by atoms with van der Waals surface area (Å²) in [6.45, 7) is 0.859. The van der Waals surface area contributed by atoms with E-state index >= 15 is 0 Å². The minimum Gasteiger partial charge on any atom is -0.503 e. The Morgan fingerprint density at radius 1 is 1.29 bits per heavy atom. The molecule has 0 aliphatic carbocycles. The maximum atomic E-state index is 13.0. The second kappa shape index (κ2) is 7.62. The van der Waals surface area contributed by atoms with E-state index in [1.807, 2.05) is 0 Å². The van der Waals surface area contributed by atoms with Crippen molar-refractivity contribution in [3.05, 3.63) is 69.3 Å². The minimum atomic E-state index is -0.862. The third-order valence-corrected chi connectivity index (χ3v) is 5.54. The summed E-state index contributed by atoms with van der Waals surface area (Å²) < 4.78 is 10.8. The maximum absolute atomic E-state index is 13.0. The normalized spacial score (nSPS) is 22.4. The molecule has 2 aliphatic heterocycles. The average molecular weight is 422 g/mol. The fourth-order valence-electron chi connectivity index (χ4n) is 3.67. The predicted octanol–water partition coefficient (Wildman–Crippen LogP) is 4.34. The first-order valence-electron chi connectivity index (χ1n) is 8.86. The van der Waals surface area contributed by atoms with Crippen LogP contribution in [0.3, 0.4) is 0 Å². The van der Waals surface area contributed by atoms with Gasteiger partial charge in [-0.1, -0.05) is 29.3 Å². The summed E-state index contributed by atoms with van der Waals surface area (Å²) in [5.41, 5.74) is 0.429. The Kier molecular flexibility index (Phi) is 5.19. The number of rotatable bonds is 5. The van der Waals surface area contributed by atoms with Crippen LogP contribution in [0.1, 0.15) is 35.0 Å². The van der Waals surface area contributed by atoms with E-state index in [2.05, 4.69) is 0 Å². The summed E-state index contributed by atoms with van der Waals surface area (Å²) in [4.78, 5) is 27.3. The van der Waals surface area contributed by atoms with Gasteiger partial charge < -0.3 is 19.2 Å². The van der Waals surface area contributed by atoms with Gasteiger partial charge in [-0.3, -0.25) is 9.59 Å². The molecule has 1 N–H and O–H groups in total. The second-order valence-corrected chi connectivity index (χ2v) is 7.57. The molecule has 0 radical (unpaired) electrons. The largest absolute Gasteiger partial charge is 0.503 e. The molecule has 28 heavy (non-hydrogen) atoms. The molecule has 0 saturated carbocycles. The quantitative estimate of drug-likeness (QED) is 0.725. The number of amides is 1. The Hall–Kier alpha value is -2.28. The average Bonchev–Trinajstić information content (AvgIpc) is 3.40. The fourth-order valence-corrected chi connectivity index (χ4v) is 4.18. The Labute approximate surface area is 171 Å². The van der Waals surface area contributed by atoms with E-state index in [0.29, 0.717) is 22.2 Å². The van der Waals surface area contributed by atoms with Crippen LogP contribution in [0.4, 0.5) is 0 Å². The molecule has 2 aromatic rings. The zero-order valence-electron chi connectivity index (χ0n) is 14.7. The summed E-state index contributed by atoms with van der Waals surface area (Å²) >= 11 is 12.4. The number of hydrogen-bond acceptors (Lipinski definition) is 5. The number of carbonyl (C=O) groups is 2. The number of ether oxygens (including phenoxy) is 1. The van der Waals surface area contributed by atoms with Gasteiger partial charge in [0.15, 0.2) is 11.5 Å². The first kappa shape index (κ1) is 19.1. The molecule has 146 valence electrons. The standard InChI is InChI=1S/C20H17Cl2NO5/c21-11-5-6-13(14(22)9-11)17-16(18(24)15-4-2-8-28-15)19(25)20(26)23(17)10-12-3-1-7-27-12/h2,4-6,8-9,12,17,25H,1,3,7,10H2/t12-,17-/m1/s1. The highest BCUT2D eigenvalue weighted by atomic mass is 35.5. The van der Waals surface area contributed by atoms with Crippen molar-refractivity contribution in [2.75, 3.05) is 13.2 Å². The molecule has 1 saturated heterocycles. The SMILES string of the molecule is O=C(C1=C(O)C(=O)N(C[C@H]2CCCO2)[C@@H]1c1ccc(Cl)cc1Cl)c1ccco1. The van der Waals surface area contributed by atoms with E-state index < -0.39 is 23.5 Å². The molecule has 2 aliphatic rings. The lowest BCUT2D eigenvalue weighted by Crippen LogP contribution is -2.37. The number of furan rings is 1. The zero-order valence-corrected chi connectivity index (χ0v) is 16.2. The van der Waals surface area contributed by atoms with Crippen molar-refractivity contribution in [1.29, 1.82) is 0 Å². The smallest absolute Gasteiger partial charge is 0.290 e. The monoisotopic (exact) mass is 421 g/mol. The molecule has 1 fully saturated rings. The van der Waals surface area contributed by atoms with E-state index in [0.717, 1.165) is 12.8 Å². The van der Waals surface area contributed by atoms with E-state index in [4.69, 9.17) is 32.4 Å². The van der Waals surface area contributed by atoms with Gasteiger partial charge in [-0.05, 0) is 42.7 Å². The third kappa shape index (κ3) is 3.32. The number of hydrogen-bond donors (Lipinski definition) is 1. The van der Waals surface area contributed by atoms with Crippen molar-refractivity contribution in [3.8, 4) is 0 Å². The number of aliphatic hydroxyl groups is 1. The van der Waals surface area contributed by atoms with Gasteiger partial charge in [0.2, 0.25) is 5.78 Å². The summed E-state index contributed by atoms with van der Waals surface area (Å²) in [7, 11) is 0. The van der Waals surface area contributed by atoms with Crippen LogP contribution in [0.15, 0.2) is 52.3 Å². The molecule has 0 unspecified atom stereocenters. The van der Waals surface area contributed by atoms with Crippen LogP contribution in [0.2, 0.25) is 10.0 Å². The van der Waals surface area contributed by atoms with E-state index in [1.54, 1.807) is 18.2 Å². The summed E-state index contributed by atoms with van der Waals surface area (Å²) in [6.07, 6.45) is 2.89. The summed E-state index contributed by atoms with van der Waals surface area (Å²) in [5.74, 6) is -1.78. The molecule has 3 heterocycles. The number of carbonyl (C=O) groups excluding carboxylic acids is 2. The van der Waals surface area contributed by atoms with E-state index in [1.165, 1.54) is 23.3 Å². The molecule has 6 nitrogen and oxygen atoms in total. The molecule has 1 aromatic heterocycles. The van der Waals surface area contributed by atoms with E-state index in [-0.39, 0.29) is 24.0 Å². The molecule has 1 aromatic carbocycles. The number of halogens is 2. The first-order chi connectivity index (χ1) is 13.5. The molecular weight excluding hydrogens is 405 g/mol. The highest BCUT2D eigenvalue weighted by Crippen LogP contribution is 2.42. The van der Waals surface area contributed by atoms with E-state index in [9.17, 15) is 14.7 Å². The van der Waals surface area contributed by atoms with Crippen LogP contribution in [0.25, 0.3) is 0 Å². The molecular formula is C20H17Cl2NO5. The topological polar surface area (TPSA) is 80.0 Å². The number of benzene rings is 1. The lowest BCUT2D eigenvalue weighted by molar-refractivity contribution is -0.131. The van der Waals surface area contributed by atoms with Gasteiger partial charge in [-0.2, -0.15) is 0 Å². The second-order valence-electron chi connectivity index (χ2n) is 6.73. The number of Topliss-reactive ketones (excluding diaryl/α,β-unsaturated/α-hetero) is 1. The van der Waals surface area contributed by atoms with Crippen LogP contribution in [-0.2, 0) is 9.53 Å². The van der Waals surface area contributed by atoms with Gasteiger partial charge in [0.1, 0.15) is 0 Å². The Morgan fingerprint density at radius 3 is 2.75 bits per heavy atom. The predicted molar refractivity (Wildman–Crippen MR) is 103 cm³/mol. The van der Waals surface area contributed by atoms with Crippen LogP contribution in [0, 0.1) is 0 Å². The maximum Gasteiger partial charge on any atom is 0.290 e. The summed E-state index contributed by atoms with van der Waals surface area (Å²) in [6, 6.07) is 7.00. The molecule has 2 atom stereocenters. The highest BCUT2D eigenvalue weighted by molar-refractivity contribution is 6.35. The fraction of sp³-hybridized carbons (Fsp3) is 0.300. The van der Waals surface area contributed by atoms with Crippen molar-refractivity contribution in [3.63, 3.8) is 0 Å². The Balaban J connectivity index is 1.79. The van der Waals surface area contributed by atoms with Gasteiger partial charge in [0.05, 0.1) is 24.0 Å². The number of aliphatic hydroxyl groups excluding tert-OH is 1. The molecule has 4 rings (SSSR count). The van der Waals surface area contributed by atoms with Crippen molar-refractivity contribution in [1.82, 2.24) is 4.90 Å². The number of nitrogens with zero attached hydrogens (tertiary/aromatic N) is 1. The zero-order chi connectivity index (χ0) is 19.8. The Morgan fingerprint density at radius 2 is 2.11 bits per heavy atom. The van der Waals surface area contributed by atoms with Crippen molar-refractivity contribution < 1.29 is 23.8 Å². The van der Waals surface area contributed by atoms with Gasteiger partial charge in [-0.25, -0.2) is 0 Å².